The Balaban J connectivity index is 1.74. The Labute approximate surface area is 121 Å². The van der Waals surface area contributed by atoms with Gasteiger partial charge in [0.15, 0.2) is 0 Å². The minimum Gasteiger partial charge on any atom is -0.508 e. The van der Waals surface area contributed by atoms with Crippen LogP contribution in [-0.2, 0) is 0 Å². The van der Waals surface area contributed by atoms with E-state index in [1.165, 1.54) is 9.40 Å². The van der Waals surface area contributed by atoms with Gasteiger partial charge in [-0.2, -0.15) is 4.98 Å². The number of phenols is 1. The SMILES string of the molecule is Oc1ccc(-c2noc(-c3cc4sccc4s3)n2)cc1. The van der Waals surface area contributed by atoms with Crippen molar-refractivity contribution in [3.8, 4) is 27.9 Å². The lowest BCUT2D eigenvalue weighted by Gasteiger charge is -1.93. The van der Waals surface area contributed by atoms with E-state index in [0.717, 1.165) is 10.4 Å². The van der Waals surface area contributed by atoms with E-state index in [2.05, 4.69) is 27.7 Å². The van der Waals surface area contributed by atoms with Gasteiger partial charge in [0.1, 0.15) is 5.75 Å². The molecule has 0 unspecified atom stereocenters. The maximum absolute atomic E-state index is 9.28. The Bertz CT molecular complexity index is 846. The summed E-state index contributed by atoms with van der Waals surface area (Å²) in [7, 11) is 0. The molecule has 98 valence electrons. The van der Waals surface area contributed by atoms with Crippen molar-refractivity contribution in [2.75, 3.05) is 0 Å². The van der Waals surface area contributed by atoms with Gasteiger partial charge >= 0.3 is 0 Å². The number of aromatic nitrogens is 2. The van der Waals surface area contributed by atoms with Gasteiger partial charge in [0.2, 0.25) is 5.82 Å². The van der Waals surface area contributed by atoms with Crippen LogP contribution in [0.3, 0.4) is 0 Å². The zero-order valence-corrected chi connectivity index (χ0v) is 11.7. The van der Waals surface area contributed by atoms with Crippen molar-refractivity contribution < 1.29 is 9.63 Å². The van der Waals surface area contributed by atoms with E-state index in [1.54, 1.807) is 46.9 Å². The van der Waals surface area contributed by atoms with Crippen molar-refractivity contribution in [2.45, 2.75) is 0 Å². The monoisotopic (exact) mass is 300 g/mol. The first kappa shape index (κ1) is 11.6. The van der Waals surface area contributed by atoms with Gasteiger partial charge in [0.25, 0.3) is 5.89 Å². The van der Waals surface area contributed by atoms with Crippen LogP contribution in [0.5, 0.6) is 5.75 Å². The van der Waals surface area contributed by atoms with Crippen LogP contribution in [0.1, 0.15) is 0 Å². The number of rotatable bonds is 2. The molecule has 0 spiro atoms. The Morgan fingerprint density at radius 2 is 1.90 bits per heavy atom. The van der Waals surface area contributed by atoms with Crippen LogP contribution >= 0.6 is 22.7 Å². The lowest BCUT2D eigenvalue weighted by Crippen LogP contribution is -1.79. The third-order valence-electron chi connectivity index (χ3n) is 2.90. The van der Waals surface area contributed by atoms with Crippen LogP contribution in [0.4, 0.5) is 0 Å². The van der Waals surface area contributed by atoms with Crippen LogP contribution in [0.2, 0.25) is 0 Å². The van der Waals surface area contributed by atoms with E-state index in [1.807, 2.05) is 0 Å². The van der Waals surface area contributed by atoms with E-state index >= 15 is 0 Å². The van der Waals surface area contributed by atoms with Crippen molar-refractivity contribution >= 4 is 32.1 Å². The lowest BCUT2D eigenvalue weighted by atomic mass is 10.2. The molecule has 4 nitrogen and oxygen atoms in total. The highest BCUT2D eigenvalue weighted by Crippen LogP contribution is 2.36. The molecule has 6 heteroatoms. The largest absolute Gasteiger partial charge is 0.508 e. The van der Waals surface area contributed by atoms with Gasteiger partial charge in [-0.05, 0) is 41.8 Å². The van der Waals surface area contributed by atoms with E-state index in [4.69, 9.17) is 4.52 Å². The molecule has 3 aromatic heterocycles. The summed E-state index contributed by atoms with van der Waals surface area (Å²) >= 11 is 3.34. The van der Waals surface area contributed by atoms with Gasteiger partial charge in [0.05, 0.1) is 4.88 Å². The van der Waals surface area contributed by atoms with E-state index < -0.39 is 0 Å². The normalized spacial score (nSPS) is 11.2. The van der Waals surface area contributed by atoms with Gasteiger partial charge in [-0.1, -0.05) is 5.16 Å². The van der Waals surface area contributed by atoms with Crippen LogP contribution in [0.15, 0.2) is 46.3 Å². The van der Waals surface area contributed by atoms with Crippen molar-refractivity contribution in [2.24, 2.45) is 0 Å². The molecule has 0 amide bonds. The van der Waals surface area contributed by atoms with Crippen molar-refractivity contribution in [1.29, 1.82) is 0 Å². The van der Waals surface area contributed by atoms with E-state index in [0.29, 0.717) is 11.7 Å². The summed E-state index contributed by atoms with van der Waals surface area (Å²) in [4.78, 5) is 5.39. The molecule has 20 heavy (non-hydrogen) atoms. The summed E-state index contributed by atoms with van der Waals surface area (Å²) in [5, 5.41) is 15.3. The molecule has 0 saturated heterocycles. The topological polar surface area (TPSA) is 59.2 Å². The average Bonchev–Trinajstić information content (AvgIpc) is 3.14. The average molecular weight is 300 g/mol. The molecule has 0 aliphatic carbocycles. The maximum atomic E-state index is 9.28. The van der Waals surface area contributed by atoms with Crippen molar-refractivity contribution in [1.82, 2.24) is 10.1 Å². The van der Waals surface area contributed by atoms with E-state index in [-0.39, 0.29) is 5.75 Å². The Kier molecular flexibility index (Phi) is 2.58. The highest BCUT2D eigenvalue weighted by molar-refractivity contribution is 7.28. The number of hydrogen-bond acceptors (Lipinski definition) is 6. The molecular formula is C14H8N2O2S2. The number of benzene rings is 1. The molecule has 0 fully saturated rings. The van der Waals surface area contributed by atoms with Crippen LogP contribution in [0, 0.1) is 0 Å². The van der Waals surface area contributed by atoms with Crippen molar-refractivity contribution in [3.63, 3.8) is 0 Å². The predicted molar refractivity (Wildman–Crippen MR) is 80.1 cm³/mol. The first-order valence-electron chi connectivity index (χ1n) is 5.90. The summed E-state index contributed by atoms with van der Waals surface area (Å²) in [6, 6.07) is 10.9. The molecule has 0 saturated carbocycles. The number of phenolic OH excluding ortho intramolecular Hbond substituents is 1. The van der Waals surface area contributed by atoms with Crippen LogP contribution in [-0.4, -0.2) is 15.2 Å². The third-order valence-corrected chi connectivity index (χ3v) is 4.98. The fourth-order valence-corrected chi connectivity index (χ4v) is 3.95. The predicted octanol–water partition coefficient (Wildman–Crippen LogP) is 4.39. The number of hydrogen-bond donors (Lipinski definition) is 1. The van der Waals surface area contributed by atoms with Gasteiger partial charge in [-0.15, -0.1) is 22.7 Å². The standard InChI is InChI=1S/C14H8N2O2S2/c17-9-3-1-8(2-4-9)13-15-14(18-16-13)12-7-11-10(20-12)5-6-19-11/h1-7,17H. The van der Waals surface area contributed by atoms with Crippen LogP contribution < -0.4 is 0 Å². The fraction of sp³-hybridized carbons (Fsp3) is 0. The van der Waals surface area contributed by atoms with Gasteiger partial charge in [0, 0.05) is 15.0 Å². The molecule has 0 aliphatic rings. The number of fused-ring (bicyclic) bond motifs is 1. The zero-order chi connectivity index (χ0) is 13.5. The summed E-state index contributed by atoms with van der Waals surface area (Å²) < 4.78 is 7.79. The minimum absolute atomic E-state index is 0.218. The minimum atomic E-state index is 0.218. The van der Waals surface area contributed by atoms with Gasteiger partial charge in [-0.25, -0.2) is 0 Å². The third kappa shape index (κ3) is 1.90. The molecule has 0 radical (unpaired) electrons. The Morgan fingerprint density at radius 3 is 2.70 bits per heavy atom. The molecule has 1 aromatic carbocycles. The summed E-state index contributed by atoms with van der Waals surface area (Å²) in [5.74, 6) is 1.27. The molecule has 4 rings (SSSR count). The quantitative estimate of drug-likeness (QED) is 0.596. The summed E-state index contributed by atoms with van der Waals surface area (Å²) in [5.41, 5.74) is 0.816. The number of thiophene rings is 2. The summed E-state index contributed by atoms with van der Waals surface area (Å²) in [6.07, 6.45) is 0. The van der Waals surface area contributed by atoms with Gasteiger partial charge < -0.3 is 9.63 Å². The highest BCUT2D eigenvalue weighted by atomic mass is 32.1. The Morgan fingerprint density at radius 1 is 1.05 bits per heavy atom. The zero-order valence-electron chi connectivity index (χ0n) is 10.1. The maximum Gasteiger partial charge on any atom is 0.268 e. The first-order chi connectivity index (χ1) is 9.79. The second-order valence-electron chi connectivity index (χ2n) is 4.23. The number of aromatic hydroxyl groups is 1. The second-order valence-corrected chi connectivity index (χ2v) is 6.26. The molecule has 4 aromatic rings. The second kappa shape index (κ2) is 4.43. The molecule has 0 bridgehead atoms. The molecular weight excluding hydrogens is 292 g/mol. The highest BCUT2D eigenvalue weighted by Gasteiger charge is 2.13. The molecule has 1 N–H and O–H groups in total. The van der Waals surface area contributed by atoms with Crippen molar-refractivity contribution in [3.05, 3.63) is 41.8 Å². The summed E-state index contributed by atoms with van der Waals surface area (Å²) in [6.45, 7) is 0. The number of nitrogens with zero attached hydrogens (tertiary/aromatic N) is 2. The van der Waals surface area contributed by atoms with Crippen LogP contribution in [0.25, 0.3) is 31.6 Å². The molecule has 3 heterocycles. The smallest absolute Gasteiger partial charge is 0.268 e. The fourth-order valence-electron chi connectivity index (χ4n) is 1.92. The Hall–Kier alpha value is -2.18. The van der Waals surface area contributed by atoms with Gasteiger partial charge in [-0.3, -0.25) is 0 Å². The molecule has 0 atom stereocenters. The van der Waals surface area contributed by atoms with E-state index in [9.17, 15) is 5.11 Å². The lowest BCUT2D eigenvalue weighted by molar-refractivity contribution is 0.433. The molecule has 0 aliphatic heterocycles. The first-order valence-corrected chi connectivity index (χ1v) is 7.60.